The SMILES string of the molecule is CC#Cc1c(F)ccc2cc(C)cc(-c3ncc4c(N5CCCC(F)(F)C5)nc(OC[C@@]56CCCN5[C@H](CC)CC6)nc4c3F)c12. The maximum Gasteiger partial charge on any atom is 0.319 e. The van der Waals surface area contributed by atoms with Crippen LogP contribution in [-0.4, -0.2) is 63.6 Å². The molecule has 240 valence electrons. The number of fused-ring (bicyclic) bond motifs is 3. The maximum atomic E-state index is 16.9. The number of anilines is 1. The molecule has 7 rings (SSSR count). The number of nitrogens with zero attached hydrogens (tertiary/aromatic N) is 5. The Hall–Kier alpha value is -3.97. The first kappa shape index (κ1) is 30.7. The van der Waals surface area contributed by atoms with Gasteiger partial charge in [0, 0.05) is 36.2 Å². The molecule has 46 heavy (non-hydrogen) atoms. The van der Waals surface area contributed by atoms with Crippen molar-refractivity contribution in [1.82, 2.24) is 19.9 Å². The molecule has 3 fully saturated rings. The number of benzene rings is 2. The van der Waals surface area contributed by atoms with Crippen LogP contribution in [0.4, 0.5) is 23.4 Å². The normalized spacial score (nSPS) is 22.7. The summed E-state index contributed by atoms with van der Waals surface area (Å²) in [6.45, 7) is 6.82. The zero-order chi connectivity index (χ0) is 32.2. The van der Waals surface area contributed by atoms with Gasteiger partial charge in [-0.3, -0.25) is 9.88 Å². The van der Waals surface area contributed by atoms with Crippen molar-refractivity contribution < 1.29 is 22.3 Å². The number of rotatable bonds is 6. The van der Waals surface area contributed by atoms with Gasteiger partial charge in [0.25, 0.3) is 5.92 Å². The summed E-state index contributed by atoms with van der Waals surface area (Å²) in [5, 5.41) is 1.36. The van der Waals surface area contributed by atoms with E-state index in [1.165, 1.54) is 17.2 Å². The van der Waals surface area contributed by atoms with Gasteiger partial charge >= 0.3 is 6.01 Å². The lowest BCUT2D eigenvalue weighted by Crippen LogP contribution is -2.46. The van der Waals surface area contributed by atoms with Crippen LogP contribution >= 0.6 is 0 Å². The number of aryl methyl sites for hydroxylation is 1. The van der Waals surface area contributed by atoms with Crippen LogP contribution in [0.2, 0.25) is 0 Å². The first-order valence-electron chi connectivity index (χ1n) is 16.2. The molecule has 0 radical (unpaired) electrons. The molecule has 2 aromatic heterocycles. The Balaban J connectivity index is 1.38. The molecular formula is C36H37F4N5O. The van der Waals surface area contributed by atoms with Crippen molar-refractivity contribution in [2.45, 2.75) is 83.2 Å². The fourth-order valence-electron chi connectivity index (χ4n) is 7.93. The van der Waals surface area contributed by atoms with E-state index in [2.05, 4.69) is 38.6 Å². The van der Waals surface area contributed by atoms with E-state index in [1.807, 2.05) is 13.0 Å². The van der Waals surface area contributed by atoms with Crippen molar-refractivity contribution in [3.8, 4) is 29.1 Å². The van der Waals surface area contributed by atoms with E-state index in [9.17, 15) is 8.78 Å². The minimum Gasteiger partial charge on any atom is -0.461 e. The molecule has 0 saturated carbocycles. The average Bonchev–Trinajstić information content (AvgIpc) is 3.60. The van der Waals surface area contributed by atoms with Crippen LogP contribution in [0, 0.1) is 30.4 Å². The second-order valence-corrected chi connectivity index (χ2v) is 13.0. The number of ether oxygens (including phenoxy) is 1. The number of alkyl halides is 2. The largest absolute Gasteiger partial charge is 0.461 e. The van der Waals surface area contributed by atoms with Crippen LogP contribution in [0.15, 0.2) is 30.5 Å². The lowest BCUT2D eigenvalue weighted by molar-refractivity contribution is -0.0118. The molecule has 6 nitrogen and oxygen atoms in total. The number of piperidine rings is 1. The Bertz CT molecular complexity index is 1900. The number of pyridine rings is 1. The summed E-state index contributed by atoms with van der Waals surface area (Å²) < 4.78 is 67.5. The zero-order valence-corrected chi connectivity index (χ0v) is 26.4. The third kappa shape index (κ3) is 5.23. The fraction of sp³-hybridized carbons (Fsp3) is 0.472. The molecule has 0 spiro atoms. The van der Waals surface area contributed by atoms with E-state index >= 15 is 8.78 Å². The monoisotopic (exact) mass is 631 g/mol. The first-order chi connectivity index (χ1) is 22.1. The van der Waals surface area contributed by atoms with Crippen molar-refractivity contribution >= 4 is 27.5 Å². The molecule has 0 aliphatic carbocycles. The second-order valence-electron chi connectivity index (χ2n) is 13.0. The second kappa shape index (κ2) is 11.7. The van der Waals surface area contributed by atoms with Crippen LogP contribution in [0.1, 0.15) is 69.9 Å². The average molecular weight is 632 g/mol. The smallest absolute Gasteiger partial charge is 0.319 e. The minimum absolute atomic E-state index is 0.0346. The zero-order valence-electron chi connectivity index (χ0n) is 26.4. The van der Waals surface area contributed by atoms with Gasteiger partial charge in [-0.25, -0.2) is 17.6 Å². The molecule has 0 unspecified atom stereocenters. The van der Waals surface area contributed by atoms with Crippen LogP contribution < -0.4 is 9.64 Å². The van der Waals surface area contributed by atoms with Gasteiger partial charge in [-0.2, -0.15) is 9.97 Å². The summed E-state index contributed by atoms with van der Waals surface area (Å²) in [6, 6.07) is 7.08. The third-order valence-corrected chi connectivity index (χ3v) is 10.0. The first-order valence-corrected chi connectivity index (χ1v) is 16.2. The van der Waals surface area contributed by atoms with Crippen molar-refractivity contribution in [1.29, 1.82) is 0 Å². The Morgan fingerprint density at radius 2 is 1.89 bits per heavy atom. The number of hydrogen-bond acceptors (Lipinski definition) is 6. The highest BCUT2D eigenvalue weighted by Crippen LogP contribution is 2.44. The Kier molecular flexibility index (Phi) is 7.79. The van der Waals surface area contributed by atoms with Crippen LogP contribution in [0.3, 0.4) is 0 Å². The Morgan fingerprint density at radius 1 is 1.07 bits per heavy atom. The number of aromatic nitrogens is 3. The van der Waals surface area contributed by atoms with Gasteiger partial charge in [0.1, 0.15) is 29.5 Å². The summed E-state index contributed by atoms with van der Waals surface area (Å²) in [4.78, 5) is 17.7. The predicted molar refractivity (Wildman–Crippen MR) is 171 cm³/mol. The topological polar surface area (TPSA) is 54.4 Å². The van der Waals surface area contributed by atoms with E-state index in [4.69, 9.17) is 4.74 Å². The van der Waals surface area contributed by atoms with E-state index in [0.29, 0.717) is 35.5 Å². The van der Waals surface area contributed by atoms with Gasteiger partial charge in [-0.1, -0.05) is 25.0 Å². The van der Waals surface area contributed by atoms with Gasteiger partial charge in [0.05, 0.1) is 23.0 Å². The fourth-order valence-corrected chi connectivity index (χ4v) is 7.93. The molecule has 2 aromatic carbocycles. The highest BCUT2D eigenvalue weighted by atomic mass is 19.3. The molecule has 0 N–H and O–H groups in total. The van der Waals surface area contributed by atoms with Crippen LogP contribution in [0.25, 0.3) is 32.9 Å². The molecule has 0 amide bonds. The predicted octanol–water partition coefficient (Wildman–Crippen LogP) is 7.82. The molecule has 4 aromatic rings. The van der Waals surface area contributed by atoms with Crippen molar-refractivity contribution in [3.05, 3.63) is 53.2 Å². The number of halogens is 4. The minimum atomic E-state index is -2.91. The summed E-state index contributed by atoms with van der Waals surface area (Å²) >= 11 is 0. The molecule has 3 aliphatic heterocycles. The lowest BCUT2D eigenvalue weighted by atomic mass is 9.94. The summed E-state index contributed by atoms with van der Waals surface area (Å²) in [7, 11) is 0. The van der Waals surface area contributed by atoms with Crippen molar-refractivity contribution in [2.24, 2.45) is 0 Å². The molecule has 3 aliphatic rings. The summed E-state index contributed by atoms with van der Waals surface area (Å²) in [6.07, 6.45) is 6.68. The van der Waals surface area contributed by atoms with Crippen LogP contribution in [-0.2, 0) is 0 Å². The van der Waals surface area contributed by atoms with Gasteiger partial charge in [0.15, 0.2) is 5.82 Å². The molecule has 5 heterocycles. The molecule has 10 heteroatoms. The van der Waals surface area contributed by atoms with Gasteiger partial charge in [-0.15, -0.1) is 5.92 Å². The molecule has 2 atom stereocenters. The molecule has 0 bridgehead atoms. The maximum absolute atomic E-state index is 16.9. The molecular weight excluding hydrogens is 594 g/mol. The van der Waals surface area contributed by atoms with Crippen molar-refractivity contribution in [3.63, 3.8) is 0 Å². The van der Waals surface area contributed by atoms with Gasteiger partial charge in [0.2, 0.25) is 0 Å². The van der Waals surface area contributed by atoms with Gasteiger partial charge in [-0.05, 0) is 82.0 Å². The summed E-state index contributed by atoms with van der Waals surface area (Å²) in [5.74, 6) is 1.59. The van der Waals surface area contributed by atoms with E-state index < -0.39 is 24.1 Å². The van der Waals surface area contributed by atoms with Gasteiger partial charge < -0.3 is 9.64 Å². The standard InChI is InChI=1S/C36H37F4N5O/c1-4-8-25-28(37)10-9-23-17-22(3)18-26(29(23)25)31-30(38)32-27(19-41-31)33(44-15-7-13-36(39,40)20-44)43-34(42-32)46-21-35-12-6-16-45(35)24(5-2)11-14-35/h9-10,17-19,24H,5-7,11-16,20-21H2,1-3H3/t24-,35+/m1/s1. The number of hydrogen-bond donors (Lipinski definition) is 0. The van der Waals surface area contributed by atoms with E-state index in [0.717, 1.165) is 44.2 Å². The van der Waals surface area contributed by atoms with Crippen molar-refractivity contribution in [2.75, 3.05) is 31.1 Å². The van der Waals surface area contributed by atoms with E-state index in [1.54, 1.807) is 19.1 Å². The highest BCUT2D eigenvalue weighted by molar-refractivity contribution is 6.02. The Morgan fingerprint density at radius 3 is 2.67 bits per heavy atom. The third-order valence-electron chi connectivity index (χ3n) is 10.0. The lowest BCUT2D eigenvalue weighted by Gasteiger charge is -2.35. The van der Waals surface area contributed by atoms with E-state index in [-0.39, 0.29) is 52.4 Å². The Labute approximate surface area is 266 Å². The quantitative estimate of drug-likeness (QED) is 0.160. The highest BCUT2D eigenvalue weighted by Gasteiger charge is 2.49. The van der Waals surface area contributed by atoms with Crippen LogP contribution in [0.5, 0.6) is 6.01 Å². The molecule has 3 saturated heterocycles. The summed E-state index contributed by atoms with van der Waals surface area (Å²) in [5.41, 5.74) is 1.11.